The molecule has 144 valence electrons. The Kier molecular flexibility index (Phi) is 5.27. The standard InChI is InChI=1S/C23H19N3O2S/c24-22(25)20-13-16-11-12-18(14-19(16)29-20)28-21(15-7-3-1-4-8-15)23(27)26-17-9-5-2-6-10-17/h1-14,21H,(H3,24,25)(H,26,27). The van der Waals surface area contributed by atoms with Crippen molar-refractivity contribution < 1.29 is 9.53 Å². The van der Waals surface area contributed by atoms with Gasteiger partial charge in [0.25, 0.3) is 5.91 Å². The van der Waals surface area contributed by atoms with Crippen molar-refractivity contribution >= 4 is 38.9 Å². The van der Waals surface area contributed by atoms with Crippen LogP contribution in [0.25, 0.3) is 10.1 Å². The van der Waals surface area contributed by atoms with Gasteiger partial charge in [-0.05, 0) is 41.8 Å². The first-order valence-corrected chi connectivity index (χ1v) is 9.87. The van der Waals surface area contributed by atoms with Gasteiger partial charge < -0.3 is 15.8 Å². The molecule has 1 unspecified atom stereocenters. The maximum atomic E-state index is 13.0. The highest BCUT2D eigenvalue weighted by molar-refractivity contribution is 7.20. The summed E-state index contributed by atoms with van der Waals surface area (Å²) in [6, 6.07) is 26.2. The zero-order valence-electron chi connectivity index (χ0n) is 15.5. The number of fused-ring (bicyclic) bond motifs is 1. The van der Waals surface area contributed by atoms with Gasteiger partial charge in [0.2, 0.25) is 6.10 Å². The third-order valence-electron chi connectivity index (χ3n) is 4.39. The van der Waals surface area contributed by atoms with Gasteiger partial charge >= 0.3 is 0 Å². The molecule has 1 aromatic heterocycles. The van der Waals surface area contributed by atoms with Crippen LogP contribution < -0.4 is 15.8 Å². The van der Waals surface area contributed by atoms with Crippen molar-refractivity contribution in [3.63, 3.8) is 0 Å². The van der Waals surface area contributed by atoms with Crippen LogP contribution >= 0.6 is 11.3 Å². The van der Waals surface area contributed by atoms with E-state index in [1.807, 2.05) is 84.9 Å². The van der Waals surface area contributed by atoms with Crippen LogP contribution in [0.1, 0.15) is 16.5 Å². The van der Waals surface area contributed by atoms with Gasteiger partial charge in [0.1, 0.15) is 11.6 Å². The zero-order valence-corrected chi connectivity index (χ0v) is 16.3. The molecular formula is C23H19N3O2S. The van der Waals surface area contributed by atoms with Gasteiger partial charge in [-0.1, -0.05) is 48.5 Å². The Bertz CT molecular complexity index is 1160. The molecule has 0 fully saturated rings. The van der Waals surface area contributed by atoms with Crippen molar-refractivity contribution in [3.8, 4) is 5.75 Å². The fourth-order valence-corrected chi connectivity index (χ4v) is 3.94. The molecule has 4 N–H and O–H groups in total. The summed E-state index contributed by atoms with van der Waals surface area (Å²) in [5.41, 5.74) is 7.07. The van der Waals surface area contributed by atoms with Crippen molar-refractivity contribution in [1.29, 1.82) is 5.41 Å². The third-order valence-corrected chi connectivity index (χ3v) is 5.52. The number of carbonyl (C=O) groups excluding carboxylic acids is 1. The van der Waals surface area contributed by atoms with Gasteiger partial charge in [-0.2, -0.15) is 0 Å². The fourth-order valence-electron chi connectivity index (χ4n) is 2.98. The summed E-state index contributed by atoms with van der Waals surface area (Å²) in [5.74, 6) is 0.364. The Balaban J connectivity index is 1.64. The van der Waals surface area contributed by atoms with E-state index in [1.165, 1.54) is 11.3 Å². The monoisotopic (exact) mass is 401 g/mol. The molecule has 4 rings (SSSR count). The zero-order chi connectivity index (χ0) is 20.2. The van der Waals surface area contributed by atoms with E-state index in [1.54, 1.807) is 0 Å². The summed E-state index contributed by atoms with van der Waals surface area (Å²) in [6.45, 7) is 0. The highest BCUT2D eigenvalue weighted by atomic mass is 32.1. The number of hydrogen-bond donors (Lipinski definition) is 3. The van der Waals surface area contributed by atoms with Crippen molar-refractivity contribution in [3.05, 3.63) is 95.4 Å². The summed E-state index contributed by atoms with van der Waals surface area (Å²) in [5, 5.41) is 11.5. The SMILES string of the molecule is N=C(N)c1cc2ccc(OC(C(=O)Nc3ccccc3)c3ccccc3)cc2s1. The molecule has 0 spiro atoms. The van der Waals surface area contributed by atoms with Crippen molar-refractivity contribution in [1.82, 2.24) is 0 Å². The maximum absolute atomic E-state index is 13.0. The first-order valence-electron chi connectivity index (χ1n) is 9.05. The minimum Gasteiger partial charge on any atom is -0.476 e. The van der Waals surface area contributed by atoms with E-state index in [9.17, 15) is 4.79 Å². The highest BCUT2D eigenvalue weighted by Gasteiger charge is 2.23. The van der Waals surface area contributed by atoms with Crippen LogP contribution in [0, 0.1) is 5.41 Å². The van der Waals surface area contributed by atoms with E-state index in [0.717, 1.165) is 15.6 Å². The second kappa shape index (κ2) is 8.16. The predicted octanol–water partition coefficient (Wildman–Crippen LogP) is 4.94. The Morgan fingerprint density at radius 1 is 0.966 bits per heavy atom. The van der Waals surface area contributed by atoms with Gasteiger partial charge in [0, 0.05) is 16.0 Å². The van der Waals surface area contributed by atoms with E-state index in [4.69, 9.17) is 15.9 Å². The van der Waals surface area contributed by atoms with Crippen LogP contribution in [0.4, 0.5) is 5.69 Å². The molecule has 0 saturated carbocycles. The lowest BCUT2D eigenvalue weighted by Gasteiger charge is -2.19. The van der Waals surface area contributed by atoms with Crippen LogP contribution in [0.3, 0.4) is 0 Å². The molecule has 3 aromatic carbocycles. The van der Waals surface area contributed by atoms with E-state index in [0.29, 0.717) is 16.3 Å². The molecule has 6 heteroatoms. The molecule has 1 amide bonds. The molecule has 0 saturated heterocycles. The molecule has 0 aliphatic rings. The van der Waals surface area contributed by atoms with Crippen LogP contribution in [0.15, 0.2) is 84.9 Å². The average molecular weight is 401 g/mol. The van der Waals surface area contributed by atoms with Crippen molar-refractivity contribution in [2.45, 2.75) is 6.10 Å². The van der Waals surface area contributed by atoms with Crippen LogP contribution in [0.2, 0.25) is 0 Å². The molecule has 0 aliphatic heterocycles. The minimum atomic E-state index is -0.805. The number of ether oxygens (including phenoxy) is 1. The molecule has 1 heterocycles. The molecule has 0 bridgehead atoms. The molecule has 1 atom stereocenters. The van der Waals surface area contributed by atoms with Gasteiger partial charge in [-0.15, -0.1) is 11.3 Å². The number of amides is 1. The van der Waals surface area contributed by atoms with Crippen molar-refractivity contribution in [2.24, 2.45) is 5.73 Å². The second-order valence-electron chi connectivity index (χ2n) is 6.49. The summed E-state index contributed by atoms with van der Waals surface area (Å²) in [7, 11) is 0. The minimum absolute atomic E-state index is 0.0399. The molecule has 0 radical (unpaired) electrons. The number of carbonyl (C=O) groups is 1. The lowest BCUT2D eigenvalue weighted by Crippen LogP contribution is -2.25. The normalized spacial score (nSPS) is 11.7. The number of para-hydroxylation sites is 1. The summed E-state index contributed by atoms with van der Waals surface area (Å²) < 4.78 is 7.07. The average Bonchev–Trinajstić information content (AvgIpc) is 3.17. The Labute approximate surface area is 172 Å². The number of amidine groups is 1. The van der Waals surface area contributed by atoms with Gasteiger partial charge in [0.15, 0.2) is 0 Å². The highest BCUT2D eigenvalue weighted by Crippen LogP contribution is 2.31. The Morgan fingerprint density at radius 3 is 2.34 bits per heavy atom. The predicted molar refractivity (Wildman–Crippen MR) is 118 cm³/mol. The first kappa shape index (κ1) is 18.7. The number of nitrogens with two attached hydrogens (primary N) is 1. The largest absolute Gasteiger partial charge is 0.476 e. The lowest BCUT2D eigenvalue weighted by molar-refractivity contribution is -0.123. The van der Waals surface area contributed by atoms with E-state index in [-0.39, 0.29) is 11.7 Å². The first-order chi connectivity index (χ1) is 14.1. The number of anilines is 1. The number of nitrogens with one attached hydrogen (secondary N) is 2. The second-order valence-corrected chi connectivity index (χ2v) is 7.57. The molecular weight excluding hydrogens is 382 g/mol. The number of hydrogen-bond acceptors (Lipinski definition) is 4. The Morgan fingerprint density at radius 2 is 1.66 bits per heavy atom. The topological polar surface area (TPSA) is 88.2 Å². The van der Waals surface area contributed by atoms with E-state index < -0.39 is 6.10 Å². The lowest BCUT2D eigenvalue weighted by atomic mass is 10.1. The smallest absolute Gasteiger partial charge is 0.270 e. The summed E-state index contributed by atoms with van der Waals surface area (Å²) in [6.07, 6.45) is -0.805. The van der Waals surface area contributed by atoms with Crippen molar-refractivity contribution in [2.75, 3.05) is 5.32 Å². The number of nitrogen functional groups attached to an aromatic ring is 1. The Hall–Kier alpha value is -3.64. The van der Waals surface area contributed by atoms with Crippen LogP contribution in [0.5, 0.6) is 5.75 Å². The summed E-state index contributed by atoms with van der Waals surface area (Å²) in [4.78, 5) is 13.7. The van der Waals surface area contributed by atoms with E-state index >= 15 is 0 Å². The van der Waals surface area contributed by atoms with Crippen LogP contribution in [-0.4, -0.2) is 11.7 Å². The molecule has 4 aromatic rings. The summed E-state index contributed by atoms with van der Waals surface area (Å²) >= 11 is 1.42. The van der Waals surface area contributed by atoms with E-state index in [2.05, 4.69) is 5.32 Å². The number of thiophene rings is 1. The number of rotatable bonds is 6. The maximum Gasteiger partial charge on any atom is 0.270 e. The third kappa shape index (κ3) is 4.28. The molecule has 5 nitrogen and oxygen atoms in total. The quantitative estimate of drug-likeness (QED) is 0.316. The van der Waals surface area contributed by atoms with Gasteiger partial charge in [0.05, 0.1) is 4.88 Å². The molecule has 29 heavy (non-hydrogen) atoms. The van der Waals surface area contributed by atoms with Crippen LogP contribution in [-0.2, 0) is 4.79 Å². The number of benzene rings is 3. The van der Waals surface area contributed by atoms with Gasteiger partial charge in [-0.3, -0.25) is 10.2 Å². The molecule has 0 aliphatic carbocycles. The fraction of sp³-hybridized carbons (Fsp3) is 0.0435. The van der Waals surface area contributed by atoms with Gasteiger partial charge in [-0.25, -0.2) is 0 Å².